The first-order valence-corrected chi connectivity index (χ1v) is 6.76. The molecule has 0 atom stereocenters. The molecule has 0 bridgehead atoms. The van der Waals surface area contributed by atoms with Crippen LogP contribution >= 0.6 is 0 Å². The molecule has 18 heavy (non-hydrogen) atoms. The number of nitrogens with one attached hydrogen (secondary N) is 1. The van der Waals surface area contributed by atoms with Crippen molar-refractivity contribution in [2.75, 3.05) is 18.5 Å². The van der Waals surface area contributed by atoms with Crippen LogP contribution in [0.3, 0.4) is 0 Å². The van der Waals surface area contributed by atoms with E-state index >= 15 is 0 Å². The number of hydrogen-bond acceptors (Lipinski definition) is 4. The number of hydrogen-bond donors (Lipinski definition) is 1. The predicted octanol–water partition coefficient (Wildman–Crippen LogP) is 2.46. The molecule has 0 spiro atoms. The van der Waals surface area contributed by atoms with Crippen molar-refractivity contribution in [3.8, 4) is 0 Å². The molecule has 0 unspecified atom stereocenters. The minimum Gasteiger partial charge on any atom is -0.358 e. The summed E-state index contributed by atoms with van der Waals surface area (Å²) in [6, 6.07) is 4.56. The lowest BCUT2D eigenvalue weighted by molar-refractivity contribution is 0.573. The van der Waals surface area contributed by atoms with Crippen molar-refractivity contribution in [3.05, 3.63) is 17.8 Å². The van der Waals surface area contributed by atoms with Gasteiger partial charge in [0.05, 0.1) is 5.69 Å². The van der Waals surface area contributed by atoms with Gasteiger partial charge in [-0.25, -0.2) is 0 Å². The molecule has 0 fully saturated rings. The van der Waals surface area contributed by atoms with Crippen molar-refractivity contribution in [1.29, 1.82) is 0 Å². The molecule has 1 rings (SSSR count). The quantitative estimate of drug-likeness (QED) is 0.807. The molecule has 0 saturated heterocycles. The predicted molar refractivity (Wildman–Crippen MR) is 76.7 cm³/mol. The Balaban J connectivity index is 2.48. The van der Waals surface area contributed by atoms with Gasteiger partial charge in [0.25, 0.3) is 0 Å². The second-order valence-electron chi connectivity index (χ2n) is 5.52. The lowest BCUT2D eigenvalue weighted by atomic mass is 10.1. The Labute approximate surface area is 111 Å². The van der Waals surface area contributed by atoms with Crippen molar-refractivity contribution in [1.82, 2.24) is 15.5 Å². The summed E-state index contributed by atoms with van der Waals surface area (Å²) in [5.41, 5.74) is 0.990. The van der Waals surface area contributed by atoms with Crippen LogP contribution in [0.5, 0.6) is 0 Å². The summed E-state index contributed by atoms with van der Waals surface area (Å²) < 4.78 is 0. The number of nitrogens with zero attached hydrogens (tertiary/aromatic N) is 3. The van der Waals surface area contributed by atoms with Gasteiger partial charge in [0.2, 0.25) is 0 Å². The Morgan fingerprint density at radius 3 is 2.39 bits per heavy atom. The van der Waals surface area contributed by atoms with Gasteiger partial charge in [0.1, 0.15) is 0 Å². The summed E-state index contributed by atoms with van der Waals surface area (Å²) in [7, 11) is 2.07. The zero-order chi connectivity index (χ0) is 13.5. The van der Waals surface area contributed by atoms with E-state index in [0.717, 1.165) is 30.5 Å². The van der Waals surface area contributed by atoms with Crippen molar-refractivity contribution in [2.24, 2.45) is 5.92 Å². The molecule has 0 aromatic carbocycles. The zero-order valence-corrected chi connectivity index (χ0v) is 12.3. The summed E-state index contributed by atoms with van der Waals surface area (Å²) in [5, 5.41) is 11.8. The third-order valence-electron chi connectivity index (χ3n) is 2.83. The summed E-state index contributed by atoms with van der Waals surface area (Å²) in [4.78, 5) is 2.16. The Hall–Kier alpha value is -1.16. The van der Waals surface area contributed by atoms with Crippen molar-refractivity contribution in [3.63, 3.8) is 0 Å². The number of rotatable bonds is 7. The average molecular weight is 250 g/mol. The molecular formula is C14H26N4. The largest absolute Gasteiger partial charge is 0.358 e. The maximum Gasteiger partial charge on any atom is 0.150 e. The van der Waals surface area contributed by atoms with Gasteiger partial charge in [0.15, 0.2) is 5.82 Å². The Kier molecular flexibility index (Phi) is 6.05. The first-order chi connectivity index (χ1) is 8.49. The second-order valence-corrected chi connectivity index (χ2v) is 5.52. The minimum atomic E-state index is 0.472. The van der Waals surface area contributed by atoms with Gasteiger partial charge in [-0.1, -0.05) is 27.7 Å². The summed E-state index contributed by atoms with van der Waals surface area (Å²) in [6.07, 6.45) is 1.18. The molecule has 4 heteroatoms. The highest BCUT2D eigenvalue weighted by atomic mass is 15.2. The van der Waals surface area contributed by atoms with Crippen LogP contribution in [0.1, 0.15) is 39.8 Å². The van der Waals surface area contributed by atoms with Crippen LogP contribution in [-0.2, 0) is 6.54 Å². The Morgan fingerprint density at radius 1 is 1.17 bits per heavy atom. The van der Waals surface area contributed by atoms with Crippen molar-refractivity contribution < 1.29 is 0 Å². The molecule has 4 nitrogen and oxygen atoms in total. The maximum atomic E-state index is 4.27. The van der Waals surface area contributed by atoms with E-state index in [1.165, 1.54) is 6.42 Å². The van der Waals surface area contributed by atoms with Gasteiger partial charge in [-0.3, -0.25) is 0 Å². The molecule has 1 N–H and O–H groups in total. The standard InChI is InChI=1S/C14H26N4/c1-11(2)8-9-18(5)14-7-6-13(16-17-14)10-15-12(3)4/h6-7,11-12,15H,8-10H2,1-5H3. The molecule has 0 amide bonds. The fourth-order valence-electron chi connectivity index (χ4n) is 1.53. The van der Waals surface area contributed by atoms with Crippen LogP contribution in [-0.4, -0.2) is 29.8 Å². The average Bonchev–Trinajstić information content (AvgIpc) is 2.34. The third-order valence-corrected chi connectivity index (χ3v) is 2.83. The zero-order valence-electron chi connectivity index (χ0n) is 12.3. The van der Waals surface area contributed by atoms with Crippen LogP contribution in [0.25, 0.3) is 0 Å². The fraction of sp³-hybridized carbons (Fsp3) is 0.714. The maximum absolute atomic E-state index is 4.27. The van der Waals surface area contributed by atoms with Gasteiger partial charge >= 0.3 is 0 Å². The molecular weight excluding hydrogens is 224 g/mol. The van der Waals surface area contributed by atoms with Crippen molar-refractivity contribution >= 4 is 5.82 Å². The van der Waals surface area contributed by atoms with E-state index in [2.05, 4.69) is 55.2 Å². The van der Waals surface area contributed by atoms with Crippen LogP contribution < -0.4 is 10.2 Å². The molecule has 0 aliphatic rings. The van der Waals surface area contributed by atoms with E-state index in [4.69, 9.17) is 0 Å². The SMILES string of the molecule is CC(C)CCN(C)c1ccc(CNC(C)C)nn1. The van der Waals surface area contributed by atoms with E-state index in [9.17, 15) is 0 Å². The van der Waals surface area contributed by atoms with E-state index in [0.29, 0.717) is 6.04 Å². The molecule has 0 radical (unpaired) electrons. The van der Waals surface area contributed by atoms with Gasteiger partial charge < -0.3 is 10.2 Å². The van der Waals surface area contributed by atoms with Gasteiger partial charge in [-0.15, -0.1) is 5.10 Å². The normalized spacial score (nSPS) is 11.3. The molecule has 0 aliphatic heterocycles. The highest BCUT2D eigenvalue weighted by Gasteiger charge is 2.05. The molecule has 1 heterocycles. The minimum absolute atomic E-state index is 0.472. The van der Waals surface area contributed by atoms with Crippen LogP contribution in [0.15, 0.2) is 12.1 Å². The Morgan fingerprint density at radius 2 is 1.89 bits per heavy atom. The van der Waals surface area contributed by atoms with Gasteiger partial charge in [-0.05, 0) is 24.5 Å². The fourth-order valence-corrected chi connectivity index (χ4v) is 1.53. The van der Waals surface area contributed by atoms with E-state index in [-0.39, 0.29) is 0 Å². The van der Waals surface area contributed by atoms with E-state index in [1.54, 1.807) is 0 Å². The van der Waals surface area contributed by atoms with E-state index < -0.39 is 0 Å². The first kappa shape index (κ1) is 14.9. The van der Waals surface area contributed by atoms with Crippen LogP contribution in [0.2, 0.25) is 0 Å². The lowest BCUT2D eigenvalue weighted by Gasteiger charge is -2.18. The smallest absolute Gasteiger partial charge is 0.150 e. The third kappa shape index (κ3) is 5.45. The van der Waals surface area contributed by atoms with E-state index in [1.807, 2.05) is 12.1 Å². The van der Waals surface area contributed by atoms with Crippen molar-refractivity contribution in [2.45, 2.75) is 46.7 Å². The molecule has 0 aliphatic carbocycles. The highest BCUT2D eigenvalue weighted by Crippen LogP contribution is 2.10. The summed E-state index contributed by atoms with van der Waals surface area (Å²) >= 11 is 0. The highest BCUT2D eigenvalue weighted by molar-refractivity contribution is 5.35. The molecule has 102 valence electrons. The Bertz CT molecular complexity index is 332. The topological polar surface area (TPSA) is 41.0 Å². The first-order valence-electron chi connectivity index (χ1n) is 6.76. The van der Waals surface area contributed by atoms with Crippen LogP contribution in [0.4, 0.5) is 5.82 Å². The van der Waals surface area contributed by atoms with Crippen LogP contribution in [0, 0.1) is 5.92 Å². The molecule has 0 saturated carbocycles. The monoisotopic (exact) mass is 250 g/mol. The van der Waals surface area contributed by atoms with Gasteiger partial charge in [0, 0.05) is 26.2 Å². The summed E-state index contributed by atoms with van der Waals surface area (Å²) in [5.74, 6) is 1.67. The lowest BCUT2D eigenvalue weighted by Crippen LogP contribution is -2.24. The molecule has 1 aromatic heterocycles. The molecule has 1 aromatic rings. The summed E-state index contributed by atoms with van der Waals surface area (Å²) in [6.45, 7) is 10.5. The number of aromatic nitrogens is 2. The number of anilines is 1. The van der Waals surface area contributed by atoms with Gasteiger partial charge in [-0.2, -0.15) is 5.10 Å². The second kappa shape index (κ2) is 7.31.